The lowest BCUT2D eigenvalue weighted by Crippen LogP contribution is -2.25. The van der Waals surface area contributed by atoms with E-state index in [1.54, 1.807) is 0 Å². The van der Waals surface area contributed by atoms with Gasteiger partial charge in [0.1, 0.15) is 0 Å². The molecule has 0 aliphatic heterocycles. The number of nitrogens with zero attached hydrogens (tertiary/aromatic N) is 2. The number of likely N-dealkylation sites (N-methyl/N-ethyl adjacent to an activating group) is 2. The van der Waals surface area contributed by atoms with Crippen molar-refractivity contribution in [3.63, 3.8) is 0 Å². The molecule has 0 N–H and O–H groups in total. The Balaban J connectivity index is -0.0000000573. The number of rotatable bonds is 3. The lowest BCUT2D eigenvalue weighted by molar-refractivity contribution is 0.315. The van der Waals surface area contributed by atoms with Gasteiger partial charge in [0.25, 0.3) is 0 Å². The molecular weight excluding hydrogens is 292 g/mol. The van der Waals surface area contributed by atoms with Crippen LogP contribution >= 0.6 is 0 Å². The lowest BCUT2D eigenvalue weighted by atomic mass is 10.1. The second kappa shape index (κ2) is 34.3. The van der Waals surface area contributed by atoms with E-state index in [0.717, 1.165) is 23.9 Å². The van der Waals surface area contributed by atoms with Gasteiger partial charge in [-0.05, 0) is 40.0 Å². The molecule has 2 unspecified atom stereocenters. The molecule has 0 bridgehead atoms. The Morgan fingerprint density at radius 2 is 0.625 bits per heavy atom. The van der Waals surface area contributed by atoms with Crippen molar-refractivity contribution >= 4 is 0 Å². The molecule has 0 amide bonds. The van der Waals surface area contributed by atoms with Gasteiger partial charge in [0.15, 0.2) is 0 Å². The average molecular weight is 351 g/mol. The maximum absolute atomic E-state index is 2.36. The zero-order valence-electron chi connectivity index (χ0n) is 21.2. The molecule has 1 aliphatic carbocycles. The predicted octanol–water partition coefficient (Wildman–Crippen LogP) is 7.29. The molecule has 0 heterocycles. The van der Waals surface area contributed by atoms with E-state index in [0.29, 0.717) is 0 Å². The van der Waals surface area contributed by atoms with Crippen molar-refractivity contribution in [1.82, 2.24) is 9.80 Å². The Hall–Kier alpha value is -0.0800. The summed E-state index contributed by atoms with van der Waals surface area (Å²) in [6.45, 7) is 28.6. The average Bonchev–Trinajstić information content (AvgIpc) is 3.42. The van der Waals surface area contributed by atoms with E-state index in [2.05, 4.69) is 51.8 Å². The molecule has 24 heavy (non-hydrogen) atoms. The maximum atomic E-state index is 2.36. The van der Waals surface area contributed by atoms with Gasteiger partial charge in [0.05, 0.1) is 0 Å². The molecule has 2 heteroatoms. The minimum atomic E-state index is 0.778. The highest BCUT2D eigenvalue weighted by atomic mass is 15.3. The monoisotopic (exact) mass is 350 g/mol. The van der Waals surface area contributed by atoms with Crippen LogP contribution in [0, 0.1) is 11.8 Å². The molecular formula is C22H58N2. The highest BCUT2D eigenvalue weighted by molar-refractivity contribution is 5.09. The smallest absolute Gasteiger partial charge is 0.0294 e. The van der Waals surface area contributed by atoms with E-state index in [-0.39, 0.29) is 0 Å². The first-order valence-electron chi connectivity index (χ1n) is 10.8. The van der Waals surface area contributed by atoms with Crippen molar-refractivity contribution in [1.29, 1.82) is 0 Å². The predicted molar refractivity (Wildman–Crippen MR) is 121 cm³/mol. The topological polar surface area (TPSA) is 6.48 Å². The fourth-order valence-corrected chi connectivity index (χ4v) is 2.39. The number of hydrogen-bond donors (Lipinski definition) is 0. The first-order chi connectivity index (χ1) is 11.5. The van der Waals surface area contributed by atoms with E-state index in [1.165, 1.54) is 0 Å². The van der Waals surface area contributed by atoms with Crippen LogP contribution in [0.15, 0.2) is 0 Å². The summed E-state index contributed by atoms with van der Waals surface area (Å²) in [5, 5.41) is 0. The summed E-state index contributed by atoms with van der Waals surface area (Å²) in [4.78, 5) is 4.71. The molecule has 2 atom stereocenters. The molecule has 0 radical (unpaired) electrons. The van der Waals surface area contributed by atoms with Crippen LogP contribution in [0.5, 0.6) is 0 Å². The van der Waals surface area contributed by atoms with Gasteiger partial charge in [-0.3, -0.25) is 0 Å². The van der Waals surface area contributed by atoms with E-state index < -0.39 is 0 Å². The first kappa shape index (κ1) is 39.1. The molecule has 0 aromatic heterocycles. The SMILES string of the molecule is CC.CC.CC.CC.CC.CC.CC(C)C1C(N(C)C)C1N(C)C. The summed E-state index contributed by atoms with van der Waals surface area (Å²) >= 11 is 0. The molecule has 0 aromatic rings. The summed E-state index contributed by atoms with van der Waals surface area (Å²) in [5.41, 5.74) is 0. The second-order valence-electron chi connectivity index (χ2n) is 4.73. The largest absolute Gasteiger partial charge is 0.305 e. The van der Waals surface area contributed by atoms with E-state index in [1.807, 2.05) is 83.1 Å². The molecule has 0 saturated heterocycles. The molecule has 1 rings (SSSR count). The highest BCUT2D eigenvalue weighted by Crippen LogP contribution is 2.43. The van der Waals surface area contributed by atoms with Gasteiger partial charge >= 0.3 is 0 Å². The van der Waals surface area contributed by atoms with Crippen LogP contribution < -0.4 is 0 Å². The Labute approximate surface area is 159 Å². The Morgan fingerprint density at radius 1 is 0.458 bits per heavy atom. The second-order valence-corrected chi connectivity index (χ2v) is 4.73. The molecule has 0 aromatic carbocycles. The van der Waals surface area contributed by atoms with E-state index in [4.69, 9.17) is 0 Å². The lowest BCUT2D eigenvalue weighted by Gasteiger charge is -2.12. The molecule has 1 saturated carbocycles. The van der Waals surface area contributed by atoms with Crippen molar-refractivity contribution in [3.05, 3.63) is 0 Å². The molecule has 0 spiro atoms. The summed E-state index contributed by atoms with van der Waals surface area (Å²) in [7, 11) is 8.74. The normalized spacial score (nSPS) is 19.1. The van der Waals surface area contributed by atoms with Crippen LogP contribution in [-0.4, -0.2) is 50.1 Å². The minimum absolute atomic E-state index is 0.778. The third-order valence-corrected chi connectivity index (χ3v) is 2.96. The van der Waals surface area contributed by atoms with Crippen molar-refractivity contribution in [2.75, 3.05) is 28.2 Å². The summed E-state index contributed by atoms with van der Waals surface area (Å²) in [5.74, 6) is 1.68. The van der Waals surface area contributed by atoms with Crippen LogP contribution in [0.4, 0.5) is 0 Å². The van der Waals surface area contributed by atoms with E-state index in [9.17, 15) is 0 Å². The highest BCUT2D eigenvalue weighted by Gasteiger charge is 2.53. The minimum Gasteiger partial charge on any atom is -0.305 e. The van der Waals surface area contributed by atoms with E-state index >= 15 is 0 Å². The zero-order valence-corrected chi connectivity index (χ0v) is 21.2. The van der Waals surface area contributed by atoms with Gasteiger partial charge in [-0.2, -0.15) is 0 Å². The molecule has 1 aliphatic rings. The Bertz CT molecular complexity index is 120. The van der Waals surface area contributed by atoms with Crippen LogP contribution in [0.1, 0.15) is 96.9 Å². The van der Waals surface area contributed by atoms with Gasteiger partial charge in [-0.1, -0.05) is 96.9 Å². The van der Waals surface area contributed by atoms with Crippen LogP contribution in [0.2, 0.25) is 0 Å². The van der Waals surface area contributed by atoms with Crippen molar-refractivity contribution in [2.24, 2.45) is 11.8 Å². The maximum Gasteiger partial charge on any atom is 0.0294 e. The number of hydrogen-bond acceptors (Lipinski definition) is 2. The fourth-order valence-electron chi connectivity index (χ4n) is 2.39. The molecule has 156 valence electrons. The van der Waals surface area contributed by atoms with Crippen molar-refractivity contribution < 1.29 is 0 Å². The van der Waals surface area contributed by atoms with Gasteiger partial charge < -0.3 is 9.80 Å². The molecule has 1 fully saturated rings. The third-order valence-electron chi connectivity index (χ3n) is 2.96. The summed E-state index contributed by atoms with van der Waals surface area (Å²) < 4.78 is 0. The Kier molecular flexibility index (Phi) is 55.9. The standard InChI is InChI=1S/C10H22N2.6C2H6/c1-7(2)8-9(11(3)4)10(8)12(5)6;6*1-2/h7-10H,1-6H3;6*1-2H3. The quantitative estimate of drug-likeness (QED) is 0.527. The third kappa shape index (κ3) is 20.0. The van der Waals surface area contributed by atoms with Crippen molar-refractivity contribution in [3.8, 4) is 0 Å². The van der Waals surface area contributed by atoms with Crippen LogP contribution in [0.3, 0.4) is 0 Å². The molecule has 2 nitrogen and oxygen atoms in total. The van der Waals surface area contributed by atoms with Gasteiger partial charge in [0, 0.05) is 12.1 Å². The zero-order chi connectivity index (χ0) is 21.5. The van der Waals surface area contributed by atoms with Gasteiger partial charge in [-0.15, -0.1) is 0 Å². The summed E-state index contributed by atoms with van der Waals surface area (Å²) in [6, 6.07) is 1.56. The van der Waals surface area contributed by atoms with Gasteiger partial charge in [-0.25, -0.2) is 0 Å². The first-order valence-corrected chi connectivity index (χ1v) is 10.8. The summed E-state index contributed by atoms with van der Waals surface area (Å²) in [6.07, 6.45) is 0. The van der Waals surface area contributed by atoms with Crippen molar-refractivity contribution in [2.45, 2.75) is 109 Å². The fraction of sp³-hybridized carbons (Fsp3) is 1.00. The van der Waals surface area contributed by atoms with Gasteiger partial charge in [0.2, 0.25) is 0 Å². The van der Waals surface area contributed by atoms with Crippen LogP contribution in [0.25, 0.3) is 0 Å². The van der Waals surface area contributed by atoms with Crippen LogP contribution in [-0.2, 0) is 0 Å². The Morgan fingerprint density at radius 3 is 0.667 bits per heavy atom.